The van der Waals surface area contributed by atoms with Crippen molar-refractivity contribution < 1.29 is 18.7 Å². The van der Waals surface area contributed by atoms with Crippen LogP contribution in [0.25, 0.3) is 11.0 Å². The van der Waals surface area contributed by atoms with Crippen molar-refractivity contribution in [2.75, 3.05) is 40.4 Å². The van der Waals surface area contributed by atoms with Gasteiger partial charge in [-0.15, -0.1) is 0 Å². The van der Waals surface area contributed by atoms with Crippen LogP contribution in [0.1, 0.15) is 24.0 Å². The molecule has 0 bridgehead atoms. The molecule has 33 heavy (non-hydrogen) atoms. The lowest BCUT2D eigenvalue weighted by Crippen LogP contribution is -2.35. The van der Waals surface area contributed by atoms with Gasteiger partial charge in [-0.05, 0) is 48.2 Å². The van der Waals surface area contributed by atoms with Crippen molar-refractivity contribution in [2.45, 2.75) is 25.8 Å². The van der Waals surface area contributed by atoms with Gasteiger partial charge >= 0.3 is 5.63 Å². The number of carbonyl (C=O) groups is 1. The summed E-state index contributed by atoms with van der Waals surface area (Å²) in [6, 6.07) is 15.0. The molecule has 1 saturated heterocycles. The summed E-state index contributed by atoms with van der Waals surface area (Å²) in [4.78, 5) is 29.2. The summed E-state index contributed by atoms with van der Waals surface area (Å²) >= 11 is 0. The van der Waals surface area contributed by atoms with E-state index in [2.05, 4.69) is 4.90 Å². The number of amides is 1. The Kier molecular flexibility index (Phi) is 7.29. The molecule has 0 saturated carbocycles. The standard InChI is InChI=1S/C26H30N2O5/c1-31-21-7-4-19(5-8-21)6-11-25(29)28-13-3-12-27(14-15-28)18-20-16-26(30)33-24-17-22(32-2)9-10-23(20)24/h4-5,7-10,16-17H,3,6,11-15,18H2,1-2H3. The van der Waals surface area contributed by atoms with Gasteiger partial charge in [-0.1, -0.05) is 12.1 Å². The van der Waals surface area contributed by atoms with E-state index in [-0.39, 0.29) is 11.5 Å². The van der Waals surface area contributed by atoms with Gasteiger partial charge in [0.05, 0.1) is 14.2 Å². The SMILES string of the molecule is COc1ccc(CCC(=O)N2CCCN(Cc3cc(=O)oc4cc(OC)ccc34)CC2)cc1. The number of nitrogens with zero attached hydrogens (tertiary/aromatic N) is 2. The van der Waals surface area contributed by atoms with Crippen LogP contribution in [0.5, 0.6) is 11.5 Å². The molecule has 0 unspecified atom stereocenters. The highest BCUT2D eigenvalue weighted by Gasteiger charge is 2.20. The minimum absolute atomic E-state index is 0.186. The van der Waals surface area contributed by atoms with E-state index >= 15 is 0 Å². The molecule has 1 aliphatic heterocycles. The van der Waals surface area contributed by atoms with E-state index in [4.69, 9.17) is 13.9 Å². The summed E-state index contributed by atoms with van der Waals surface area (Å²) in [5, 5.41) is 0.909. The molecule has 1 aromatic heterocycles. The largest absolute Gasteiger partial charge is 0.497 e. The van der Waals surface area contributed by atoms with E-state index in [0.29, 0.717) is 30.8 Å². The number of hydrogen-bond donors (Lipinski definition) is 0. The van der Waals surface area contributed by atoms with Gasteiger partial charge in [-0.2, -0.15) is 0 Å². The minimum atomic E-state index is -0.365. The highest BCUT2D eigenvalue weighted by Crippen LogP contribution is 2.24. The second-order valence-corrected chi connectivity index (χ2v) is 8.31. The van der Waals surface area contributed by atoms with Crippen LogP contribution in [-0.2, 0) is 17.8 Å². The Balaban J connectivity index is 1.36. The van der Waals surface area contributed by atoms with E-state index in [1.165, 1.54) is 0 Å². The van der Waals surface area contributed by atoms with E-state index in [1.54, 1.807) is 26.4 Å². The molecule has 2 heterocycles. The van der Waals surface area contributed by atoms with E-state index in [1.807, 2.05) is 41.3 Å². The van der Waals surface area contributed by atoms with Crippen LogP contribution in [0.3, 0.4) is 0 Å². The van der Waals surface area contributed by atoms with Gasteiger partial charge in [0, 0.05) is 56.7 Å². The zero-order chi connectivity index (χ0) is 23.2. The highest BCUT2D eigenvalue weighted by atomic mass is 16.5. The van der Waals surface area contributed by atoms with Gasteiger partial charge in [0.15, 0.2) is 0 Å². The first-order chi connectivity index (χ1) is 16.1. The molecule has 2 aromatic carbocycles. The molecule has 0 spiro atoms. The molecule has 174 valence electrons. The first-order valence-electron chi connectivity index (χ1n) is 11.3. The Morgan fingerprint density at radius 2 is 1.70 bits per heavy atom. The van der Waals surface area contributed by atoms with Crippen LogP contribution in [0.15, 0.2) is 57.7 Å². The highest BCUT2D eigenvalue weighted by molar-refractivity contribution is 5.81. The summed E-state index contributed by atoms with van der Waals surface area (Å²) in [7, 11) is 3.23. The van der Waals surface area contributed by atoms with Gasteiger partial charge in [0.2, 0.25) is 5.91 Å². The molecular weight excluding hydrogens is 420 g/mol. The average molecular weight is 451 g/mol. The van der Waals surface area contributed by atoms with Crippen molar-refractivity contribution in [1.82, 2.24) is 9.80 Å². The topological polar surface area (TPSA) is 72.2 Å². The number of aryl methyl sites for hydroxylation is 1. The number of rotatable bonds is 7. The predicted molar refractivity (Wildman–Crippen MR) is 127 cm³/mol. The minimum Gasteiger partial charge on any atom is -0.497 e. The van der Waals surface area contributed by atoms with Crippen LogP contribution in [0.4, 0.5) is 0 Å². The summed E-state index contributed by atoms with van der Waals surface area (Å²) in [5.41, 5.74) is 2.23. The molecule has 4 rings (SSSR count). The Bertz CT molecular complexity index is 1160. The van der Waals surface area contributed by atoms with Crippen molar-refractivity contribution in [3.8, 4) is 11.5 Å². The average Bonchev–Trinajstić information content (AvgIpc) is 3.08. The second kappa shape index (κ2) is 10.5. The second-order valence-electron chi connectivity index (χ2n) is 8.31. The van der Waals surface area contributed by atoms with Gasteiger partial charge in [-0.3, -0.25) is 9.69 Å². The fourth-order valence-electron chi connectivity index (χ4n) is 4.29. The van der Waals surface area contributed by atoms with Crippen molar-refractivity contribution in [2.24, 2.45) is 0 Å². The Morgan fingerprint density at radius 3 is 2.45 bits per heavy atom. The van der Waals surface area contributed by atoms with Crippen molar-refractivity contribution in [3.05, 3.63) is 70.1 Å². The summed E-state index contributed by atoms with van der Waals surface area (Å²) < 4.78 is 15.8. The quantitative estimate of drug-likeness (QED) is 0.513. The van der Waals surface area contributed by atoms with E-state index in [0.717, 1.165) is 54.7 Å². The van der Waals surface area contributed by atoms with Gasteiger partial charge in [0.25, 0.3) is 0 Å². The number of benzene rings is 2. The lowest BCUT2D eigenvalue weighted by molar-refractivity contribution is -0.131. The van der Waals surface area contributed by atoms with Crippen LogP contribution >= 0.6 is 0 Å². The van der Waals surface area contributed by atoms with Crippen LogP contribution < -0.4 is 15.1 Å². The molecule has 0 N–H and O–H groups in total. The number of hydrogen-bond acceptors (Lipinski definition) is 6. The molecule has 0 atom stereocenters. The maximum atomic E-state index is 12.8. The van der Waals surface area contributed by atoms with Crippen molar-refractivity contribution in [3.63, 3.8) is 0 Å². The fraction of sp³-hybridized carbons (Fsp3) is 0.385. The van der Waals surface area contributed by atoms with E-state index < -0.39 is 0 Å². The number of ether oxygens (including phenoxy) is 2. The first-order valence-corrected chi connectivity index (χ1v) is 11.3. The van der Waals surface area contributed by atoms with E-state index in [9.17, 15) is 9.59 Å². The summed E-state index contributed by atoms with van der Waals surface area (Å²) in [6.45, 7) is 3.73. The van der Waals surface area contributed by atoms with Crippen LogP contribution in [0, 0.1) is 0 Å². The Hall–Kier alpha value is -3.32. The normalized spacial score (nSPS) is 14.8. The molecule has 7 nitrogen and oxygen atoms in total. The molecule has 0 radical (unpaired) electrons. The lowest BCUT2D eigenvalue weighted by atomic mass is 10.1. The molecule has 1 fully saturated rings. The van der Waals surface area contributed by atoms with Crippen molar-refractivity contribution >= 4 is 16.9 Å². The lowest BCUT2D eigenvalue weighted by Gasteiger charge is -2.22. The van der Waals surface area contributed by atoms with Gasteiger partial charge < -0.3 is 18.8 Å². The number of fused-ring (bicyclic) bond motifs is 1. The van der Waals surface area contributed by atoms with Crippen LogP contribution in [-0.4, -0.2) is 56.1 Å². The van der Waals surface area contributed by atoms with Crippen molar-refractivity contribution in [1.29, 1.82) is 0 Å². The first kappa shape index (κ1) is 22.9. The maximum absolute atomic E-state index is 12.8. The number of methoxy groups -OCH3 is 2. The molecule has 0 aliphatic carbocycles. The third kappa shape index (κ3) is 5.73. The Labute approximate surface area is 193 Å². The fourth-order valence-corrected chi connectivity index (χ4v) is 4.29. The summed E-state index contributed by atoms with van der Waals surface area (Å²) in [6.07, 6.45) is 2.12. The summed E-state index contributed by atoms with van der Waals surface area (Å²) in [5.74, 6) is 1.66. The Morgan fingerprint density at radius 1 is 0.939 bits per heavy atom. The zero-order valence-electron chi connectivity index (χ0n) is 19.2. The monoisotopic (exact) mass is 450 g/mol. The van der Waals surface area contributed by atoms with Gasteiger partial charge in [-0.25, -0.2) is 4.79 Å². The molecular formula is C26H30N2O5. The number of carbonyl (C=O) groups excluding carboxylic acids is 1. The van der Waals surface area contributed by atoms with Crippen LogP contribution in [0.2, 0.25) is 0 Å². The molecule has 1 aliphatic rings. The zero-order valence-corrected chi connectivity index (χ0v) is 19.2. The molecule has 1 amide bonds. The smallest absolute Gasteiger partial charge is 0.336 e. The third-order valence-electron chi connectivity index (χ3n) is 6.16. The maximum Gasteiger partial charge on any atom is 0.336 e. The molecule has 3 aromatic rings. The molecule has 7 heteroatoms. The third-order valence-corrected chi connectivity index (χ3v) is 6.16. The predicted octanol–water partition coefficient (Wildman–Crippen LogP) is 3.48. The van der Waals surface area contributed by atoms with Gasteiger partial charge in [0.1, 0.15) is 17.1 Å².